The van der Waals surface area contributed by atoms with E-state index in [-0.39, 0.29) is 0 Å². The molecule has 0 aromatic carbocycles. The van der Waals surface area contributed by atoms with Gasteiger partial charge in [0.15, 0.2) is 0 Å². The van der Waals surface area contributed by atoms with Crippen molar-refractivity contribution in [3.05, 3.63) is 0 Å². The van der Waals surface area contributed by atoms with Crippen LogP contribution in [-0.2, 0) is 0 Å². The van der Waals surface area contributed by atoms with Gasteiger partial charge in [-0.2, -0.15) is 0 Å². The van der Waals surface area contributed by atoms with Crippen molar-refractivity contribution in [3.63, 3.8) is 0 Å². The minimum Gasteiger partial charge on any atom is -0.411 e. The molecule has 0 aromatic rings. The molecule has 1 aliphatic carbocycles. The van der Waals surface area contributed by atoms with Crippen molar-refractivity contribution in [3.8, 4) is 11.8 Å². The van der Waals surface area contributed by atoms with Crippen LogP contribution < -0.4 is 0 Å². The van der Waals surface area contributed by atoms with Crippen LogP contribution in [0.3, 0.4) is 0 Å². The maximum absolute atomic E-state index is 8.70. The van der Waals surface area contributed by atoms with Gasteiger partial charge in [-0.3, -0.25) is 0 Å². The van der Waals surface area contributed by atoms with Crippen molar-refractivity contribution in [2.24, 2.45) is 11.1 Å². The van der Waals surface area contributed by atoms with E-state index in [1.807, 2.05) is 6.92 Å². The fourth-order valence-electron chi connectivity index (χ4n) is 1.64. The van der Waals surface area contributed by atoms with Gasteiger partial charge in [0.1, 0.15) is 0 Å². The van der Waals surface area contributed by atoms with Gasteiger partial charge in [0.25, 0.3) is 0 Å². The van der Waals surface area contributed by atoms with Gasteiger partial charge in [-0.05, 0) is 26.2 Å². The van der Waals surface area contributed by atoms with Crippen LogP contribution in [-0.4, -0.2) is 10.9 Å². The second-order valence-electron chi connectivity index (χ2n) is 3.16. The van der Waals surface area contributed by atoms with Crippen molar-refractivity contribution in [1.82, 2.24) is 0 Å². The highest BCUT2D eigenvalue weighted by Crippen LogP contribution is 2.23. The predicted molar refractivity (Wildman–Crippen MR) is 49.2 cm³/mol. The van der Waals surface area contributed by atoms with Crippen molar-refractivity contribution < 1.29 is 5.21 Å². The first kappa shape index (κ1) is 9.12. The van der Waals surface area contributed by atoms with E-state index < -0.39 is 0 Å². The topological polar surface area (TPSA) is 32.6 Å². The average molecular weight is 165 g/mol. The Kier molecular flexibility index (Phi) is 3.66. The Bertz CT molecular complexity index is 222. The van der Waals surface area contributed by atoms with Crippen molar-refractivity contribution in [1.29, 1.82) is 0 Å². The second-order valence-corrected chi connectivity index (χ2v) is 3.16. The number of rotatable bonds is 1. The fourth-order valence-corrected chi connectivity index (χ4v) is 1.64. The number of hydrogen-bond donors (Lipinski definition) is 1. The highest BCUT2D eigenvalue weighted by atomic mass is 16.4. The molecule has 1 aliphatic rings. The Morgan fingerprint density at radius 2 is 2.42 bits per heavy atom. The van der Waals surface area contributed by atoms with Gasteiger partial charge in [-0.15, -0.1) is 11.8 Å². The van der Waals surface area contributed by atoms with E-state index in [4.69, 9.17) is 5.21 Å². The van der Waals surface area contributed by atoms with E-state index in [9.17, 15) is 0 Å². The summed E-state index contributed by atoms with van der Waals surface area (Å²) in [6.45, 7) is 1.85. The second kappa shape index (κ2) is 4.82. The lowest BCUT2D eigenvalue weighted by Crippen LogP contribution is -2.18. The fraction of sp³-hybridized carbons (Fsp3) is 0.700. The summed E-state index contributed by atoms with van der Waals surface area (Å²) in [6, 6.07) is 0. The smallest absolute Gasteiger partial charge is 0.0611 e. The molecule has 0 amide bonds. The van der Waals surface area contributed by atoms with Crippen LogP contribution in [0, 0.1) is 17.8 Å². The first-order chi connectivity index (χ1) is 5.88. The molecule has 12 heavy (non-hydrogen) atoms. The third-order valence-corrected chi connectivity index (χ3v) is 2.36. The SMILES string of the molecule is CC#CCC1CCCC/C1=N/O. The molecule has 0 saturated heterocycles. The molecule has 66 valence electrons. The van der Waals surface area contributed by atoms with Gasteiger partial charge < -0.3 is 5.21 Å². The number of hydrogen-bond acceptors (Lipinski definition) is 2. The molecule has 1 atom stereocenters. The summed E-state index contributed by atoms with van der Waals surface area (Å²) in [4.78, 5) is 0. The maximum Gasteiger partial charge on any atom is 0.0611 e. The zero-order valence-corrected chi connectivity index (χ0v) is 7.51. The predicted octanol–water partition coefficient (Wildman–Crippen LogP) is 2.42. The van der Waals surface area contributed by atoms with Gasteiger partial charge in [-0.1, -0.05) is 11.6 Å². The van der Waals surface area contributed by atoms with E-state index in [0.29, 0.717) is 5.92 Å². The highest BCUT2D eigenvalue weighted by molar-refractivity contribution is 5.87. The molecule has 1 N–H and O–H groups in total. The Morgan fingerprint density at radius 1 is 1.58 bits per heavy atom. The third-order valence-electron chi connectivity index (χ3n) is 2.36. The monoisotopic (exact) mass is 165 g/mol. The molecule has 1 saturated carbocycles. The Balaban J connectivity index is 2.51. The first-order valence-corrected chi connectivity index (χ1v) is 4.49. The van der Waals surface area contributed by atoms with Gasteiger partial charge >= 0.3 is 0 Å². The van der Waals surface area contributed by atoms with E-state index in [1.54, 1.807) is 0 Å². The van der Waals surface area contributed by atoms with Crippen LogP contribution in [0.1, 0.15) is 39.0 Å². The molecule has 0 aromatic heterocycles. The van der Waals surface area contributed by atoms with Crippen LogP contribution >= 0.6 is 0 Å². The molecule has 0 heterocycles. The summed E-state index contributed by atoms with van der Waals surface area (Å²) < 4.78 is 0. The van der Waals surface area contributed by atoms with Gasteiger partial charge in [0, 0.05) is 12.3 Å². The summed E-state index contributed by atoms with van der Waals surface area (Å²) in [5, 5.41) is 12.0. The van der Waals surface area contributed by atoms with Crippen LogP contribution in [0.15, 0.2) is 5.16 Å². The van der Waals surface area contributed by atoms with Gasteiger partial charge in [0.05, 0.1) is 5.71 Å². The molecule has 0 aliphatic heterocycles. The quantitative estimate of drug-likeness (QED) is 0.361. The molecule has 0 radical (unpaired) electrons. The number of nitrogens with zero attached hydrogens (tertiary/aromatic N) is 1. The van der Waals surface area contributed by atoms with Crippen LogP contribution in [0.25, 0.3) is 0 Å². The zero-order valence-electron chi connectivity index (χ0n) is 7.51. The molecule has 0 bridgehead atoms. The minimum absolute atomic E-state index is 0.413. The first-order valence-electron chi connectivity index (χ1n) is 4.49. The van der Waals surface area contributed by atoms with Crippen LogP contribution in [0.2, 0.25) is 0 Å². The average Bonchev–Trinajstić information content (AvgIpc) is 2.15. The summed E-state index contributed by atoms with van der Waals surface area (Å²) in [5.41, 5.74) is 0.948. The summed E-state index contributed by atoms with van der Waals surface area (Å²) in [5.74, 6) is 6.33. The molecular formula is C10H15NO. The third kappa shape index (κ3) is 2.27. The minimum atomic E-state index is 0.413. The molecule has 0 spiro atoms. The summed E-state index contributed by atoms with van der Waals surface area (Å²) in [6.07, 6.45) is 5.35. The Hall–Kier alpha value is -0.970. The molecular weight excluding hydrogens is 150 g/mol. The normalized spacial score (nSPS) is 26.4. The zero-order chi connectivity index (χ0) is 8.81. The van der Waals surface area contributed by atoms with Crippen LogP contribution in [0.5, 0.6) is 0 Å². The lowest BCUT2D eigenvalue weighted by molar-refractivity contribution is 0.309. The number of oxime groups is 1. The van der Waals surface area contributed by atoms with E-state index >= 15 is 0 Å². The Morgan fingerprint density at radius 3 is 3.08 bits per heavy atom. The van der Waals surface area contributed by atoms with Gasteiger partial charge in [0.2, 0.25) is 0 Å². The van der Waals surface area contributed by atoms with Crippen molar-refractivity contribution in [2.45, 2.75) is 39.0 Å². The summed E-state index contributed by atoms with van der Waals surface area (Å²) >= 11 is 0. The van der Waals surface area contributed by atoms with E-state index in [1.165, 1.54) is 6.42 Å². The maximum atomic E-state index is 8.70. The van der Waals surface area contributed by atoms with E-state index in [0.717, 1.165) is 31.4 Å². The van der Waals surface area contributed by atoms with Gasteiger partial charge in [-0.25, -0.2) is 0 Å². The van der Waals surface area contributed by atoms with E-state index in [2.05, 4.69) is 17.0 Å². The largest absolute Gasteiger partial charge is 0.411 e. The standard InChI is InChI=1S/C10H15NO/c1-2-3-6-9-7-4-5-8-10(9)11-12/h9,12H,4-8H2,1H3/b11-10-. The van der Waals surface area contributed by atoms with Crippen molar-refractivity contribution >= 4 is 5.71 Å². The van der Waals surface area contributed by atoms with Crippen LogP contribution in [0.4, 0.5) is 0 Å². The molecule has 2 nitrogen and oxygen atoms in total. The Labute approximate surface area is 73.7 Å². The molecule has 1 unspecified atom stereocenters. The molecule has 1 rings (SSSR count). The summed E-state index contributed by atoms with van der Waals surface area (Å²) in [7, 11) is 0. The molecule has 2 heteroatoms. The lowest BCUT2D eigenvalue weighted by atomic mass is 9.85. The lowest BCUT2D eigenvalue weighted by Gasteiger charge is -2.20. The van der Waals surface area contributed by atoms with Crippen molar-refractivity contribution in [2.75, 3.05) is 0 Å². The molecule has 1 fully saturated rings. The highest BCUT2D eigenvalue weighted by Gasteiger charge is 2.19.